The minimum atomic E-state index is -3.14. The summed E-state index contributed by atoms with van der Waals surface area (Å²) in [6.45, 7) is 6.57. The second kappa shape index (κ2) is 7.09. The lowest BCUT2D eigenvalue weighted by Crippen LogP contribution is -2.43. The van der Waals surface area contributed by atoms with Crippen molar-refractivity contribution in [1.82, 2.24) is 4.31 Å². The molecule has 0 saturated heterocycles. The Morgan fingerprint density at radius 1 is 1.20 bits per heavy atom. The molecule has 1 aromatic rings. The lowest BCUT2D eigenvalue weighted by Gasteiger charge is -2.30. The largest absolute Gasteiger partial charge is 0.373 e. The number of nitrogens with zero attached hydrogens (tertiary/aromatic N) is 2. The van der Waals surface area contributed by atoms with Gasteiger partial charge in [-0.25, -0.2) is 12.7 Å². The molecule has 0 radical (unpaired) electrons. The summed E-state index contributed by atoms with van der Waals surface area (Å²) in [5.74, 6) is 0.210. The van der Waals surface area contributed by atoms with Crippen molar-refractivity contribution in [1.29, 1.82) is 0 Å². The molecule has 0 saturated carbocycles. The van der Waals surface area contributed by atoms with Crippen molar-refractivity contribution >= 4 is 15.7 Å². The molecule has 0 aliphatic carbocycles. The zero-order valence-corrected chi connectivity index (χ0v) is 13.9. The van der Waals surface area contributed by atoms with Crippen LogP contribution >= 0.6 is 0 Å². The number of hydrogen-bond donors (Lipinski definition) is 0. The van der Waals surface area contributed by atoms with Crippen LogP contribution in [0.1, 0.15) is 25.8 Å². The Morgan fingerprint density at radius 2 is 1.80 bits per heavy atom. The Balaban J connectivity index is 2.76. The van der Waals surface area contributed by atoms with E-state index in [9.17, 15) is 8.42 Å². The fourth-order valence-electron chi connectivity index (χ4n) is 2.28. The number of benzene rings is 1. The van der Waals surface area contributed by atoms with E-state index in [1.807, 2.05) is 33.0 Å². The van der Waals surface area contributed by atoms with Crippen LogP contribution in [0.2, 0.25) is 0 Å². The molecule has 114 valence electrons. The van der Waals surface area contributed by atoms with Crippen LogP contribution in [0.3, 0.4) is 0 Å². The standard InChI is InChI=1S/C15H26N2O2S/c1-6-11-20(18,19)17(5)14(3)12-16(4)15-10-8-7-9-13(15)2/h7-10,14H,6,11-12H2,1-5H3. The second-order valence-electron chi connectivity index (χ2n) is 5.35. The third-order valence-electron chi connectivity index (χ3n) is 3.59. The molecule has 1 rings (SSSR count). The number of rotatable bonds is 7. The number of hydrogen-bond acceptors (Lipinski definition) is 3. The highest BCUT2D eigenvalue weighted by atomic mass is 32.2. The molecule has 0 fully saturated rings. The Kier molecular flexibility index (Phi) is 6.02. The van der Waals surface area contributed by atoms with Crippen LogP contribution in [0, 0.1) is 6.92 Å². The molecule has 20 heavy (non-hydrogen) atoms. The van der Waals surface area contributed by atoms with E-state index in [0.717, 1.165) is 5.69 Å². The topological polar surface area (TPSA) is 40.6 Å². The van der Waals surface area contributed by atoms with Crippen LogP contribution in [0.25, 0.3) is 0 Å². The summed E-state index contributed by atoms with van der Waals surface area (Å²) >= 11 is 0. The van der Waals surface area contributed by atoms with Gasteiger partial charge in [-0.05, 0) is 31.9 Å². The Morgan fingerprint density at radius 3 is 2.35 bits per heavy atom. The first kappa shape index (κ1) is 17.0. The molecule has 1 unspecified atom stereocenters. The van der Waals surface area contributed by atoms with Crippen molar-refractivity contribution in [3.8, 4) is 0 Å². The third kappa shape index (κ3) is 4.21. The van der Waals surface area contributed by atoms with Crippen LogP contribution in [-0.4, -0.2) is 45.2 Å². The normalized spacial score (nSPS) is 13.5. The summed E-state index contributed by atoms with van der Waals surface area (Å²) in [6.07, 6.45) is 0.646. The maximum Gasteiger partial charge on any atom is 0.214 e. The molecule has 0 aromatic heterocycles. The van der Waals surface area contributed by atoms with E-state index in [-0.39, 0.29) is 11.8 Å². The monoisotopic (exact) mass is 298 g/mol. The molecular weight excluding hydrogens is 272 g/mol. The molecule has 0 aliphatic heterocycles. The SMILES string of the molecule is CCCS(=O)(=O)N(C)C(C)CN(C)c1ccccc1C. The van der Waals surface area contributed by atoms with Gasteiger partial charge in [-0.15, -0.1) is 0 Å². The number of aryl methyl sites for hydroxylation is 1. The number of anilines is 1. The summed E-state index contributed by atoms with van der Waals surface area (Å²) < 4.78 is 25.6. The predicted molar refractivity (Wildman–Crippen MR) is 85.8 cm³/mol. The fourth-order valence-corrected chi connectivity index (χ4v) is 3.70. The van der Waals surface area contributed by atoms with Crippen molar-refractivity contribution < 1.29 is 8.42 Å². The molecule has 0 heterocycles. The highest BCUT2D eigenvalue weighted by Gasteiger charge is 2.23. The van der Waals surface area contributed by atoms with Crippen LogP contribution in [0.4, 0.5) is 5.69 Å². The van der Waals surface area contributed by atoms with E-state index >= 15 is 0 Å². The molecule has 0 N–H and O–H groups in total. The number of sulfonamides is 1. The average molecular weight is 298 g/mol. The molecule has 0 spiro atoms. The molecule has 0 bridgehead atoms. The van der Waals surface area contributed by atoms with Crippen LogP contribution < -0.4 is 4.90 Å². The lowest BCUT2D eigenvalue weighted by molar-refractivity contribution is 0.390. The summed E-state index contributed by atoms with van der Waals surface area (Å²) in [7, 11) is 0.526. The van der Waals surface area contributed by atoms with Gasteiger partial charge in [0.15, 0.2) is 0 Å². The van der Waals surface area contributed by atoms with Crippen molar-refractivity contribution in [2.75, 3.05) is 31.3 Å². The molecule has 4 nitrogen and oxygen atoms in total. The Hall–Kier alpha value is -1.07. The Labute approximate surface area is 123 Å². The van der Waals surface area contributed by atoms with Gasteiger partial charge in [0.05, 0.1) is 5.75 Å². The van der Waals surface area contributed by atoms with E-state index in [4.69, 9.17) is 0 Å². The average Bonchev–Trinajstić information content (AvgIpc) is 2.38. The van der Waals surface area contributed by atoms with Gasteiger partial charge in [-0.3, -0.25) is 0 Å². The first-order valence-corrected chi connectivity index (χ1v) is 8.63. The van der Waals surface area contributed by atoms with Crippen molar-refractivity contribution in [3.63, 3.8) is 0 Å². The summed E-state index contributed by atoms with van der Waals surface area (Å²) in [4.78, 5) is 2.11. The molecular formula is C15H26N2O2S. The molecule has 0 aliphatic rings. The van der Waals surface area contributed by atoms with Gasteiger partial charge in [0.25, 0.3) is 0 Å². The van der Waals surface area contributed by atoms with E-state index < -0.39 is 10.0 Å². The van der Waals surface area contributed by atoms with Crippen LogP contribution in [-0.2, 0) is 10.0 Å². The summed E-state index contributed by atoms with van der Waals surface area (Å²) in [5, 5.41) is 0. The minimum Gasteiger partial charge on any atom is -0.373 e. The maximum atomic E-state index is 12.1. The van der Waals surface area contributed by atoms with E-state index in [1.165, 1.54) is 9.87 Å². The zero-order chi connectivity index (χ0) is 15.3. The highest BCUT2D eigenvalue weighted by molar-refractivity contribution is 7.89. The Bertz CT molecular complexity index is 528. The molecule has 0 amide bonds. The maximum absolute atomic E-state index is 12.1. The first-order valence-electron chi connectivity index (χ1n) is 7.02. The smallest absolute Gasteiger partial charge is 0.214 e. The van der Waals surface area contributed by atoms with Crippen LogP contribution in [0.5, 0.6) is 0 Å². The quantitative estimate of drug-likeness (QED) is 0.776. The van der Waals surface area contributed by atoms with E-state index in [2.05, 4.69) is 24.0 Å². The van der Waals surface area contributed by atoms with Crippen molar-refractivity contribution in [2.45, 2.75) is 33.2 Å². The van der Waals surface area contributed by atoms with Gasteiger partial charge in [-0.1, -0.05) is 25.1 Å². The molecule has 1 aromatic carbocycles. The third-order valence-corrected chi connectivity index (χ3v) is 5.75. The zero-order valence-electron chi connectivity index (χ0n) is 13.1. The van der Waals surface area contributed by atoms with E-state index in [0.29, 0.717) is 13.0 Å². The fraction of sp³-hybridized carbons (Fsp3) is 0.600. The highest BCUT2D eigenvalue weighted by Crippen LogP contribution is 2.19. The first-order chi connectivity index (χ1) is 9.29. The van der Waals surface area contributed by atoms with Crippen LogP contribution in [0.15, 0.2) is 24.3 Å². The van der Waals surface area contributed by atoms with Gasteiger partial charge in [0, 0.05) is 32.4 Å². The van der Waals surface area contributed by atoms with Crippen molar-refractivity contribution in [3.05, 3.63) is 29.8 Å². The van der Waals surface area contributed by atoms with Gasteiger partial charge >= 0.3 is 0 Å². The second-order valence-corrected chi connectivity index (χ2v) is 7.50. The van der Waals surface area contributed by atoms with Gasteiger partial charge in [0.1, 0.15) is 0 Å². The molecule has 5 heteroatoms. The summed E-state index contributed by atoms with van der Waals surface area (Å²) in [6, 6.07) is 8.07. The number of likely N-dealkylation sites (N-methyl/N-ethyl adjacent to an activating group) is 2. The van der Waals surface area contributed by atoms with Gasteiger partial charge in [0.2, 0.25) is 10.0 Å². The molecule has 1 atom stereocenters. The van der Waals surface area contributed by atoms with E-state index in [1.54, 1.807) is 7.05 Å². The lowest BCUT2D eigenvalue weighted by atomic mass is 10.2. The van der Waals surface area contributed by atoms with Gasteiger partial charge in [-0.2, -0.15) is 0 Å². The minimum absolute atomic E-state index is 0.0591. The predicted octanol–water partition coefficient (Wildman–Crippen LogP) is 2.49. The number of para-hydroxylation sites is 1. The van der Waals surface area contributed by atoms with Gasteiger partial charge < -0.3 is 4.90 Å². The van der Waals surface area contributed by atoms with Crippen molar-refractivity contribution in [2.24, 2.45) is 0 Å². The summed E-state index contributed by atoms with van der Waals surface area (Å²) in [5.41, 5.74) is 2.34.